The number of likely N-dealkylation sites (tertiary alicyclic amines) is 1. The van der Waals surface area contributed by atoms with Crippen LogP contribution < -0.4 is 4.74 Å². The van der Waals surface area contributed by atoms with Crippen molar-refractivity contribution in [1.82, 2.24) is 14.2 Å². The first-order valence-electron chi connectivity index (χ1n) is 11.1. The highest BCUT2D eigenvalue weighted by Crippen LogP contribution is 2.31. The lowest BCUT2D eigenvalue weighted by atomic mass is 10.1. The van der Waals surface area contributed by atoms with Gasteiger partial charge in [0.2, 0.25) is 10.0 Å². The lowest BCUT2D eigenvalue weighted by Crippen LogP contribution is -2.42. The number of hydrogen-bond donors (Lipinski definition) is 0. The number of hydrogen-bond acceptors (Lipinski definition) is 7. The highest BCUT2D eigenvalue weighted by Gasteiger charge is 2.28. The van der Waals surface area contributed by atoms with Crippen LogP contribution in [0.15, 0.2) is 47.4 Å². The molecule has 180 valence electrons. The van der Waals surface area contributed by atoms with E-state index in [9.17, 15) is 17.6 Å². The molecule has 1 aromatic heterocycles. The lowest BCUT2D eigenvalue weighted by Gasteiger charge is -2.31. The number of benzene rings is 2. The van der Waals surface area contributed by atoms with Crippen LogP contribution in [0.25, 0.3) is 10.2 Å². The van der Waals surface area contributed by atoms with E-state index in [1.54, 1.807) is 23.1 Å². The van der Waals surface area contributed by atoms with Crippen molar-refractivity contribution < 1.29 is 27.1 Å². The first kappa shape index (κ1) is 23.2. The maximum atomic E-state index is 13.9. The number of aromatic nitrogens is 1. The van der Waals surface area contributed by atoms with Gasteiger partial charge in [0, 0.05) is 44.6 Å². The van der Waals surface area contributed by atoms with Crippen LogP contribution >= 0.6 is 11.3 Å². The van der Waals surface area contributed by atoms with Crippen molar-refractivity contribution in [3.63, 3.8) is 0 Å². The fraction of sp³-hybridized carbons (Fsp3) is 0.391. The summed E-state index contributed by atoms with van der Waals surface area (Å²) in [5, 5.41) is 0.432. The molecule has 2 aliphatic heterocycles. The average molecular weight is 506 g/mol. The Hall–Kier alpha value is -2.60. The topological polar surface area (TPSA) is 89.0 Å². The Morgan fingerprint density at radius 3 is 2.44 bits per heavy atom. The van der Waals surface area contributed by atoms with Crippen LogP contribution in [0.2, 0.25) is 0 Å². The largest absolute Gasteiger partial charge is 0.467 e. The lowest BCUT2D eigenvalue weighted by molar-refractivity contribution is 0.0595. The van der Waals surface area contributed by atoms with Gasteiger partial charge in [-0.15, -0.1) is 0 Å². The number of ether oxygens (including phenoxy) is 2. The van der Waals surface area contributed by atoms with Crippen molar-refractivity contribution in [3.8, 4) is 5.19 Å². The number of rotatable bonds is 5. The van der Waals surface area contributed by atoms with Gasteiger partial charge < -0.3 is 14.4 Å². The Morgan fingerprint density at radius 2 is 1.76 bits per heavy atom. The maximum absolute atomic E-state index is 13.9. The van der Waals surface area contributed by atoms with E-state index < -0.39 is 10.0 Å². The Morgan fingerprint density at radius 1 is 1.06 bits per heavy atom. The molecule has 2 saturated heterocycles. The van der Waals surface area contributed by atoms with Gasteiger partial charge in [0.1, 0.15) is 17.4 Å². The van der Waals surface area contributed by atoms with Gasteiger partial charge in [0.25, 0.3) is 11.1 Å². The van der Waals surface area contributed by atoms with Crippen LogP contribution in [-0.2, 0) is 14.8 Å². The van der Waals surface area contributed by atoms with Crippen LogP contribution in [0.3, 0.4) is 0 Å². The predicted octanol–water partition coefficient (Wildman–Crippen LogP) is 3.14. The molecule has 0 bridgehead atoms. The summed E-state index contributed by atoms with van der Waals surface area (Å²) in [6.45, 7) is 2.43. The number of amides is 1. The van der Waals surface area contributed by atoms with Crippen LogP contribution in [0.1, 0.15) is 23.2 Å². The number of fused-ring (bicyclic) bond motifs is 1. The molecule has 0 spiro atoms. The second kappa shape index (κ2) is 9.57. The molecule has 5 rings (SSSR count). The predicted molar refractivity (Wildman–Crippen MR) is 125 cm³/mol. The summed E-state index contributed by atoms with van der Waals surface area (Å²) >= 11 is 1.31. The number of halogens is 1. The second-order valence-electron chi connectivity index (χ2n) is 8.22. The zero-order chi connectivity index (χ0) is 23.7. The van der Waals surface area contributed by atoms with Crippen LogP contribution in [0.4, 0.5) is 4.39 Å². The minimum Gasteiger partial charge on any atom is -0.467 e. The van der Waals surface area contributed by atoms with Gasteiger partial charge in [-0.05, 0) is 36.4 Å². The third kappa shape index (κ3) is 4.65. The van der Waals surface area contributed by atoms with E-state index in [0.29, 0.717) is 68.5 Å². The fourth-order valence-corrected chi connectivity index (χ4v) is 6.46. The van der Waals surface area contributed by atoms with Crippen molar-refractivity contribution >= 4 is 37.5 Å². The van der Waals surface area contributed by atoms with E-state index in [4.69, 9.17) is 9.47 Å². The zero-order valence-corrected chi connectivity index (χ0v) is 20.0. The number of carbonyl (C=O) groups is 1. The van der Waals surface area contributed by atoms with Gasteiger partial charge >= 0.3 is 0 Å². The maximum Gasteiger partial charge on any atom is 0.274 e. The molecule has 0 radical (unpaired) electrons. The van der Waals surface area contributed by atoms with Crippen molar-refractivity contribution in [1.29, 1.82) is 0 Å². The van der Waals surface area contributed by atoms with Crippen LogP contribution in [-0.4, -0.2) is 74.0 Å². The number of sulfonamides is 1. The summed E-state index contributed by atoms with van der Waals surface area (Å²) in [5.74, 6) is -0.511. The molecule has 2 aromatic carbocycles. The molecule has 3 aromatic rings. The molecule has 0 unspecified atom stereocenters. The summed E-state index contributed by atoms with van der Waals surface area (Å²) in [6.07, 6.45) is 1.16. The summed E-state index contributed by atoms with van der Waals surface area (Å²) in [5.41, 5.74) is 0.760. The molecule has 34 heavy (non-hydrogen) atoms. The summed E-state index contributed by atoms with van der Waals surface area (Å²) in [6, 6.07) is 10.9. The van der Waals surface area contributed by atoms with Gasteiger partial charge in [-0.3, -0.25) is 4.79 Å². The SMILES string of the molecule is O=C(c1ccc(S(=O)(=O)N2CCOCC2)cc1)N1CCC(Oc2nc3c(F)cccc3s2)CC1. The Bertz CT molecular complexity index is 1280. The highest BCUT2D eigenvalue weighted by molar-refractivity contribution is 7.89. The standard InChI is InChI=1S/C23H24FN3O5S2/c24-19-2-1-3-20-21(19)25-23(33-20)32-17-8-10-26(11-9-17)22(28)16-4-6-18(7-5-16)34(29,30)27-12-14-31-15-13-27/h1-7,17H,8-15H2. The molecule has 0 aliphatic carbocycles. The van der Waals surface area contributed by atoms with Crippen molar-refractivity contribution in [2.75, 3.05) is 39.4 Å². The molecule has 3 heterocycles. The normalized spacial score (nSPS) is 18.3. The van der Waals surface area contributed by atoms with Crippen molar-refractivity contribution in [3.05, 3.63) is 53.8 Å². The Labute approximate surface area is 201 Å². The average Bonchev–Trinajstić information content (AvgIpc) is 3.28. The molecule has 0 atom stereocenters. The molecule has 1 amide bonds. The summed E-state index contributed by atoms with van der Waals surface area (Å²) in [4.78, 5) is 19.1. The van der Waals surface area contributed by atoms with E-state index in [-0.39, 0.29) is 22.7 Å². The smallest absolute Gasteiger partial charge is 0.274 e. The minimum atomic E-state index is -3.60. The van der Waals surface area contributed by atoms with Crippen LogP contribution in [0, 0.1) is 5.82 Å². The Kier molecular flexibility index (Phi) is 6.52. The number of para-hydroxylation sites is 1. The molecular formula is C23H24FN3O5S2. The molecule has 0 saturated carbocycles. The summed E-state index contributed by atoms with van der Waals surface area (Å²) in [7, 11) is -3.60. The van der Waals surface area contributed by atoms with E-state index >= 15 is 0 Å². The van der Waals surface area contributed by atoms with E-state index in [1.165, 1.54) is 33.8 Å². The first-order valence-corrected chi connectivity index (χ1v) is 13.4. The Balaban J connectivity index is 1.18. The van der Waals surface area contributed by atoms with Gasteiger partial charge in [-0.2, -0.15) is 9.29 Å². The van der Waals surface area contributed by atoms with Gasteiger partial charge in [0.05, 0.1) is 22.8 Å². The fourth-order valence-electron chi connectivity index (χ4n) is 4.15. The minimum absolute atomic E-state index is 0.103. The third-order valence-electron chi connectivity index (χ3n) is 6.06. The van der Waals surface area contributed by atoms with Gasteiger partial charge in [-0.1, -0.05) is 17.4 Å². The highest BCUT2D eigenvalue weighted by atomic mass is 32.2. The van der Waals surface area contributed by atoms with E-state index in [2.05, 4.69) is 4.98 Å². The number of morpholine rings is 1. The zero-order valence-electron chi connectivity index (χ0n) is 18.4. The molecule has 8 nitrogen and oxygen atoms in total. The molecule has 0 N–H and O–H groups in total. The van der Waals surface area contributed by atoms with Crippen LogP contribution in [0.5, 0.6) is 5.19 Å². The van der Waals surface area contributed by atoms with Crippen molar-refractivity contribution in [2.45, 2.75) is 23.8 Å². The summed E-state index contributed by atoms with van der Waals surface area (Å²) < 4.78 is 52.7. The second-order valence-corrected chi connectivity index (χ2v) is 11.1. The number of thiazole rings is 1. The quantitative estimate of drug-likeness (QED) is 0.529. The number of nitrogens with zero attached hydrogens (tertiary/aromatic N) is 3. The molecule has 2 fully saturated rings. The van der Waals surface area contributed by atoms with Crippen molar-refractivity contribution in [2.24, 2.45) is 0 Å². The first-order chi connectivity index (χ1) is 16.4. The number of carbonyl (C=O) groups excluding carboxylic acids is 1. The van der Waals surface area contributed by atoms with Gasteiger partial charge in [0.15, 0.2) is 0 Å². The third-order valence-corrected chi connectivity index (χ3v) is 8.88. The molecular weight excluding hydrogens is 481 g/mol. The monoisotopic (exact) mass is 505 g/mol. The van der Waals surface area contributed by atoms with E-state index in [1.807, 2.05) is 6.07 Å². The number of piperidine rings is 1. The molecule has 2 aliphatic rings. The molecule has 11 heteroatoms. The van der Waals surface area contributed by atoms with E-state index in [0.717, 1.165) is 4.70 Å². The van der Waals surface area contributed by atoms with Gasteiger partial charge in [-0.25, -0.2) is 12.8 Å².